The van der Waals surface area contributed by atoms with E-state index in [2.05, 4.69) is 16.6 Å². The van der Waals surface area contributed by atoms with Gasteiger partial charge in [0, 0.05) is 5.56 Å². The van der Waals surface area contributed by atoms with Gasteiger partial charge in [-0.2, -0.15) is 0 Å². The maximum atomic E-state index is 12.8. The average Bonchev–Trinajstić information content (AvgIpc) is 2.24. The summed E-state index contributed by atoms with van der Waals surface area (Å²) in [6.07, 6.45) is -0.0627. The van der Waals surface area contributed by atoms with Crippen LogP contribution in [-0.2, 0) is 9.53 Å². The summed E-state index contributed by atoms with van der Waals surface area (Å²) < 4.78 is 30.0. The number of ether oxygens (including phenoxy) is 1. The molecule has 0 aromatic heterocycles. The van der Waals surface area contributed by atoms with Gasteiger partial charge in [-0.3, -0.25) is 4.79 Å². The van der Waals surface area contributed by atoms with E-state index in [1.807, 2.05) is 0 Å². The fraction of sp³-hybridized carbons (Fsp3) is 0.250. The minimum atomic E-state index is -0.956. The van der Waals surface area contributed by atoms with E-state index in [-0.39, 0.29) is 6.42 Å². The Morgan fingerprint density at radius 1 is 1.38 bits per heavy atom. The Morgan fingerprint density at radius 3 is 2.75 bits per heavy atom. The van der Waals surface area contributed by atoms with Crippen LogP contribution in [0.1, 0.15) is 18.9 Å². The van der Waals surface area contributed by atoms with Gasteiger partial charge in [0.15, 0.2) is 11.6 Å². The van der Waals surface area contributed by atoms with Crippen molar-refractivity contribution in [3.63, 3.8) is 0 Å². The average molecular weight is 224 g/mol. The summed E-state index contributed by atoms with van der Waals surface area (Å²) in [7, 11) is 0. The Bertz CT molecular complexity index is 444. The molecule has 0 amide bonds. The number of hydrogen-bond acceptors (Lipinski definition) is 2. The highest BCUT2D eigenvalue weighted by Gasteiger charge is 2.00. The lowest BCUT2D eigenvalue weighted by molar-refractivity contribution is -0.141. The predicted octanol–water partition coefficient (Wildman–Crippen LogP) is 2.27. The van der Waals surface area contributed by atoms with Crippen LogP contribution >= 0.6 is 0 Å². The van der Waals surface area contributed by atoms with Gasteiger partial charge < -0.3 is 4.74 Å². The van der Waals surface area contributed by atoms with Crippen molar-refractivity contribution < 1.29 is 18.3 Å². The molecule has 4 heteroatoms. The van der Waals surface area contributed by atoms with E-state index in [0.717, 1.165) is 12.1 Å². The van der Waals surface area contributed by atoms with Crippen molar-refractivity contribution >= 4 is 5.97 Å². The molecule has 0 atom stereocenters. The van der Waals surface area contributed by atoms with Gasteiger partial charge in [-0.25, -0.2) is 8.78 Å². The number of carbonyl (C=O) groups is 1. The molecular weight excluding hydrogens is 214 g/mol. The van der Waals surface area contributed by atoms with E-state index in [4.69, 9.17) is 0 Å². The lowest BCUT2D eigenvalue weighted by Crippen LogP contribution is -2.01. The molecule has 0 bridgehead atoms. The van der Waals surface area contributed by atoms with Gasteiger partial charge in [0.25, 0.3) is 0 Å². The van der Waals surface area contributed by atoms with Crippen molar-refractivity contribution in [2.75, 3.05) is 6.61 Å². The zero-order valence-electron chi connectivity index (χ0n) is 8.72. The van der Waals surface area contributed by atoms with E-state index < -0.39 is 17.6 Å². The van der Waals surface area contributed by atoms with Crippen LogP contribution in [0.25, 0.3) is 0 Å². The van der Waals surface area contributed by atoms with Crippen molar-refractivity contribution in [1.82, 2.24) is 0 Å². The minimum absolute atomic E-state index is 0.0627. The van der Waals surface area contributed by atoms with Gasteiger partial charge >= 0.3 is 5.97 Å². The Morgan fingerprint density at radius 2 is 2.12 bits per heavy atom. The summed E-state index contributed by atoms with van der Waals surface area (Å²) >= 11 is 0. The Kier molecular flexibility index (Phi) is 4.46. The van der Waals surface area contributed by atoms with Gasteiger partial charge in [0.05, 0.1) is 6.61 Å². The first-order valence-corrected chi connectivity index (χ1v) is 4.73. The third kappa shape index (κ3) is 3.70. The first-order valence-electron chi connectivity index (χ1n) is 4.73. The summed E-state index contributed by atoms with van der Waals surface area (Å²) in [5.41, 5.74) is 0.322. The molecule has 1 rings (SSSR count). The highest BCUT2D eigenvalue weighted by Crippen LogP contribution is 2.07. The van der Waals surface area contributed by atoms with E-state index in [0.29, 0.717) is 12.2 Å². The second-order valence-corrected chi connectivity index (χ2v) is 2.91. The van der Waals surface area contributed by atoms with Crippen LogP contribution in [0.4, 0.5) is 8.78 Å². The molecule has 1 aromatic carbocycles. The zero-order chi connectivity index (χ0) is 12.0. The molecule has 0 spiro atoms. The largest absolute Gasteiger partial charge is 0.465 e. The second-order valence-electron chi connectivity index (χ2n) is 2.91. The maximum absolute atomic E-state index is 12.8. The molecule has 0 fully saturated rings. The molecule has 0 N–H and O–H groups in total. The fourth-order valence-electron chi connectivity index (χ4n) is 1.00. The van der Waals surface area contributed by atoms with Crippen molar-refractivity contribution in [2.45, 2.75) is 13.3 Å². The quantitative estimate of drug-likeness (QED) is 0.569. The van der Waals surface area contributed by atoms with Gasteiger partial charge in [-0.1, -0.05) is 11.8 Å². The molecule has 2 nitrogen and oxygen atoms in total. The molecule has 0 heterocycles. The topological polar surface area (TPSA) is 26.3 Å². The molecule has 84 valence electrons. The first-order chi connectivity index (χ1) is 7.63. The lowest BCUT2D eigenvalue weighted by atomic mass is 10.2. The fourth-order valence-corrected chi connectivity index (χ4v) is 1.00. The molecule has 0 unspecified atom stereocenters. The normalized spacial score (nSPS) is 9.19. The maximum Gasteiger partial charge on any atom is 0.317 e. The predicted molar refractivity (Wildman–Crippen MR) is 54.5 cm³/mol. The van der Waals surface area contributed by atoms with Crippen molar-refractivity contribution in [3.05, 3.63) is 35.4 Å². The van der Waals surface area contributed by atoms with Crippen LogP contribution in [0.3, 0.4) is 0 Å². The van der Waals surface area contributed by atoms with Gasteiger partial charge in [0.1, 0.15) is 6.42 Å². The molecule has 0 saturated carbocycles. The molecular formula is C12H10F2O2. The lowest BCUT2D eigenvalue weighted by Gasteiger charge is -1.95. The highest BCUT2D eigenvalue weighted by atomic mass is 19.2. The van der Waals surface area contributed by atoms with Crippen LogP contribution in [0.5, 0.6) is 0 Å². The molecule has 16 heavy (non-hydrogen) atoms. The molecule has 0 aliphatic heterocycles. The molecule has 1 aromatic rings. The van der Waals surface area contributed by atoms with Crippen molar-refractivity contribution in [1.29, 1.82) is 0 Å². The number of rotatable bonds is 2. The van der Waals surface area contributed by atoms with Gasteiger partial charge in [0.2, 0.25) is 0 Å². The monoisotopic (exact) mass is 224 g/mol. The Hall–Kier alpha value is -1.89. The summed E-state index contributed by atoms with van der Waals surface area (Å²) in [6.45, 7) is 1.99. The summed E-state index contributed by atoms with van der Waals surface area (Å²) in [6, 6.07) is 3.31. The third-order valence-corrected chi connectivity index (χ3v) is 1.69. The third-order valence-electron chi connectivity index (χ3n) is 1.69. The Balaban J connectivity index is 2.63. The summed E-state index contributed by atoms with van der Waals surface area (Å²) in [5, 5.41) is 0. The number of hydrogen-bond donors (Lipinski definition) is 0. The molecule has 0 aliphatic rings. The van der Waals surface area contributed by atoms with E-state index in [9.17, 15) is 13.6 Å². The minimum Gasteiger partial charge on any atom is -0.465 e. The Labute approximate surface area is 92.2 Å². The van der Waals surface area contributed by atoms with Gasteiger partial charge in [-0.15, -0.1) is 0 Å². The summed E-state index contributed by atoms with van der Waals surface area (Å²) in [4.78, 5) is 10.9. The van der Waals surface area contributed by atoms with Crippen LogP contribution in [0.2, 0.25) is 0 Å². The van der Waals surface area contributed by atoms with E-state index in [1.54, 1.807) is 6.92 Å². The molecule has 0 saturated heterocycles. The highest BCUT2D eigenvalue weighted by molar-refractivity contribution is 5.72. The van der Waals surface area contributed by atoms with Crippen LogP contribution < -0.4 is 0 Å². The van der Waals surface area contributed by atoms with Gasteiger partial charge in [-0.05, 0) is 25.1 Å². The van der Waals surface area contributed by atoms with Crippen molar-refractivity contribution in [3.8, 4) is 11.8 Å². The zero-order valence-corrected chi connectivity index (χ0v) is 8.72. The van der Waals surface area contributed by atoms with E-state index >= 15 is 0 Å². The van der Waals surface area contributed by atoms with E-state index in [1.165, 1.54) is 6.07 Å². The standard InChI is InChI=1S/C12H10F2O2/c1-2-16-12(15)5-3-4-9-6-7-10(13)11(14)8-9/h6-8H,2,5H2,1H3. The first kappa shape index (κ1) is 12.2. The second kappa shape index (κ2) is 5.86. The van der Waals surface area contributed by atoms with Crippen LogP contribution in [0.15, 0.2) is 18.2 Å². The molecule has 0 radical (unpaired) electrons. The SMILES string of the molecule is CCOC(=O)CC#Cc1ccc(F)c(F)c1. The number of halogens is 2. The smallest absolute Gasteiger partial charge is 0.317 e. The van der Waals surface area contributed by atoms with Crippen molar-refractivity contribution in [2.24, 2.45) is 0 Å². The van der Waals surface area contributed by atoms with Crippen LogP contribution in [-0.4, -0.2) is 12.6 Å². The number of esters is 1. The summed E-state index contributed by atoms with van der Waals surface area (Å²) in [5.74, 6) is 2.75. The van der Waals surface area contributed by atoms with Crippen LogP contribution in [0, 0.1) is 23.5 Å². The number of benzene rings is 1. The number of carbonyl (C=O) groups excluding carboxylic acids is 1. The molecule has 0 aliphatic carbocycles.